The van der Waals surface area contributed by atoms with Gasteiger partial charge < -0.3 is 9.47 Å². The summed E-state index contributed by atoms with van der Waals surface area (Å²) in [6, 6.07) is 88.6. The monoisotopic (exact) mass is 788 g/mol. The van der Waals surface area contributed by atoms with Gasteiger partial charge in [0.1, 0.15) is 0 Å². The molecule has 0 saturated heterocycles. The van der Waals surface area contributed by atoms with Crippen molar-refractivity contribution in [1.82, 2.24) is 4.57 Å². The van der Waals surface area contributed by atoms with E-state index in [9.17, 15) is 0 Å². The molecule has 12 rings (SSSR count). The second-order valence-electron chi connectivity index (χ2n) is 16.1. The Hall–Kier alpha value is -8.20. The van der Waals surface area contributed by atoms with E-state index in [1.54, 1.807) is 0 Å². The lowest BCUT2D eigenvalue weighted by atomic mass is 9.92. The fraction of sp³-hybridized carbons (Fsp3) is 0. The highest BCUT2D eigenvalue weighted by molar-refractivity contribution is 6.12. The highest BCUT2D eigenvalue weighted by Gasteiger charge is 2.22. The van der Waals surface area contributed by atoms with Gasteiger partial charge in [-0.3, -0.25) is 0 Å². The number of anilines is 3. The molecule has 0 bridgehead atoms. The average molecular weight is 789 g/mol. The average Bonchev–Trinajstić information content (AvgIpc) is 3.69. The number of rotatable bonds is 7. The Morgan fingerprint density at radius 3 is 1.44 bits per heavy atom. The maximum Gasteiger partial charge on any atom is 0.0541 e. The van der Waals surface area contributed by atoms with Gasteiger partial charge in [0.05, 0.1) is 22.4 Å². The number of benzene rings is 11. The van der Waals surface area contributed by atoms with Crippen molar-refractivity contribution < 1.29 is 0 Å². The lowest BCUT2D eigenvalue weighted by Crippen LogP contribution is -2.12. The Bertz CT molecular complexity index is 3600. The molecule has 0 fully saturated rings. The van der Waals surface area contributed by atoms with E-state index in [1.807, 2.05) is 0 Å². The first-order chi connectivity index (χ1) is 30.8. The Kier molecular flexibility index (Phi) is 8.53. The summed E-state index contributed by atoms with van der Waals surface area (Å²) >= 11 is 0. The van der Waals surface area contributed by atoms with E-state index < -0.39 is 0 Å². The fourth-order valence-electron chi connectivity index (χ4n) is 9.79. The minimum atomic E-state index is 1.08. The normalized spacial score (nSPS) is 11.5. The summed E-state index contributed by atoms with van der Waals surface area (Å²) in [5.74, 6) is 0. The van der Waals surface area contributed by atoms with Crippen molar-refractivity contribution in [2.24, 2.45) is 0 Å². The van der Waals surface area contributed by atoms with E-state index in [4.69, 9.17) is 0 Å². The first-order valence-corrected chi connectivity index (χ1v) is 21.3. The summed E-state index contributed by atoms with van der Waals surface area (Å²) in [5, 5.41) is 9.86. The van der Waals surface area contributed by atoms with Crippen LogP contribution in [0.2, 0.25) is 0 Å². The van der Waals surface area contributed by atoms with Crippen LogP contribution >= 0.6 is 0 Å². The standard InChI is InChI=1S/C60H40N2/c1-3-25-47-41(17-1)19-15-32-49(47)52-37-38-60(54-28-6-5-27-51(52)54)62(57-34-10-7-29-53(57)50-33-16-20-42-18-2-4-26-48(42)50)46-24-14-22-44(40-46)43-21-13-23-45(39-43)61-58-35-11-8-30-55(58)56-31-9-12-36-59(56)61/h1-40H. The fourth-order valence-corrected chi connectivity index (χ4v) is 9.79. The maximum atomic E-state index is 2.48. The topological polar surface area (TPSA) is 8.17 Å². The molecule has 0 spiro atoms. The van der Waals surface area contributed by atoms with Gasteiger partial charge in [0.15, 0.2) is 0 Å². The minimum absolute atomic E-state index is 1.08. The van der Waals surface area contributed by atoms with Gasteiger partial charge in [-0.05, 0) is 103 Å². The quantitative estimate of drug-likeness (QED) is 0.156. The van der Waals surface area contributed by atoms with E-state index in [-0.39, 0.29) is 0 Å². The van der Waals surface area contributed by atoms with Gasteiger partial charge >= 0.3 is 0 Å². The summed E-state index contributed by atoms with van der Waals surface area (Å²) in [4.78, 5) is 2.48. The summed E-state index contributed by atoms with van der Waals surface area (Å²) in [5.41, 5.74) is 14.0. The first kappa shape index (κ1) is 35.7. The van der Waals surface area contributed by atoms with Gasteiger partial charge in [-0.25, -0.2) is 0 Å². The van der Waals surface area contributed by atoms with Crippen molar-refractivity contribution in [3.8, 4) is 39.1 Å². The van der Waals surface area contributed by atoms with Crippen LogP contribution in [-0.2, 0) is 0 Å². The molecule has 12 aromatic rings. The Labute approximate surface area is 360 Å². The van der Waals surface area contributed by atoms with Gasteiger partial charge in [-0.15, -0.1) is 0 Å². The Morgan fingerprint density at radius 2 is 0.742 bits per heavy atom. The molecule has 0 aliphatic rings. The molecule has 0 N–H and O–H groups in total. The number of hydrogen-bond donors (Lipinski definition) is 0. The number of nitrogens with zero attached hydrogens (tertiary/aromatic N) is 2. The predicted octanol–water partition coefficient (Wildman–Crippen LogP) is 16.7. The summed E-state index contributed by atoms with van der Waals surface area (Å²) in [6.45, 7) is 0. The van der Waals surface area contributed by atoms with Gasteiger partial charge in [0.25, 0.3) is 0 Å². The first-order valence-electron chi connectivity index (χ1n) is 21.3. The van der Waals surface area contributed by atoms with Crippen LogP contribution in [0.25, 0.3) is 93.2 Å². The van der Waals surface area contributed by atoms with Crippen molar-refractivity contribution in [3.63, 3.8) is 0 Å². The van der Waals surface area contributed by atoms with Crippen LogP contribution in [0, 0.1) is 0 Å². The molecule has 62 heavy (non-hydrogen) atoms. The van der Waals surface area contributed by atoms with Crippen molar-refractivity contribution >= 4 is 71.2 Å². The van der Waals surface area contributed by atoms with Crippen LogP contribution < -0.4 is 4.90 Å². The molecule has 0 radical (unpaired) electrons. The molecule has 0 amide bonds. The molecular formula is C60H40N2. The number of hydrogen-bond acceptors (Lipinski definition) is 1. The van der Waals surface area contributed by atoms with Gasteiger partial charge in [-0.2, -0.15) is 0 Å². The minimum Gasteiger partial charge on any atom is -0.309 e. The van der Waals surface area contributed by atoms with Crippen LogP contribution in [0.1, 0.15) is 0 Å². The molecule has 0 saturated carbocycles. The lowest BCUT2D eigenvalue weighted by molar-refractivity contribution is 1.18. The summed E-state index contributed by atoms with van der Waals surface area (Å²) in [6.07, 6.45) is 0. The second kappa shape index (κ2) is 14.8. The molecule has 0 aliphatic carbocycles. The highest BCUT2D eigenvalue weighted by Crippen LogP contribution is 2.47. The zero-order chi connectivity index (χ0) is 41.0. The summed E-state index contributed by atoms with van der Waals surface area (Å²) < 4.78 is 2.40. The zero-order valence-electron chi connectivity index (χ0n) is 34.0. The van der Waals surface area contributed by atoms with Crippen LogP contribution in [0.3, 0.4) is 0 Å². The number of fused-ring (bicyclic) bond motifs is 6. The zero-order valence-corrected chi connectivity index (χ0v) is 34.0. The third-order valence-corrected chi connectivity index (χ3v) is 12.6. The van der Waals surface area contributed by atoms with E-state index >= 15 is 0 Å². The smallest absolute Gasteiger partial charge is 0.0541 e. The largest absolute Gasteiger partial charge is 0.309 e. The molecule has 1 aromatic heterocycles. The molecule has 0 atom stereocenters. The lowest BCUT2D eigenvalue weighted by Gasteiger charge is -2.30. The van der Waals surface area contributed by atoms with Crippen LogP contribution in [-0.4, -0.2) is 4.57 Å². The highest BCUT2D eigenvalue weighted by atomic mass is 15.1. The Morgan fingerprint density at radius 1 is 0.274 bits per heavy atom. The van der Waals surface area contributed by atoms with Gasteiger partial charge in [0.2, 0.25) is 0 Å². The third kappa shape index (κ3) is 5.88. The number of aromatic nitrogens is 1. The van der Waals surface area contributed by atoms with Crippen molar-refractivity contribution in [2.75, 3.05) is 4.90 Å². The molecule has 1 heterocycles. The molecule has 0 unspecified atom stereocenters. The van der Waals surface area contributed by atoms with Crippen LogP contribution in [0.15, 0.2) is 243 Å². The van der Waals surface area contributed by atoms with Gasteiger partial charge in [0, 0.05) is 33.1 Å². The van der Waals surface area contributed by atoms with E-state index in [0.717, 1.165) is 33.9 Å². The van der Waals surface area contributed by atoms with Crippen molar-refractivity contribution in [2.45, 2.75) is 0 Å². The SMILES string of the molecule is c1cc(-c2cccc(-n3c4ccccc4c4ccccc43)c2)cc(N(c2ccccc2-c2cccc3ccccc23)c2ccc(-c3cccc4ccccc34)c3ccccc23)c1. The molecular weight excluding hydrogens is 749 g/mol. The van der Waals surface area contributed by atoms with Gasteiger partial charge in [-0.1, -0.05) is 194 Å². The van der Waals surface area contributed by atoms with E-state index in [2.05, 4.69) is 252 Å². The third-order valence-electron chi connectivity index (χ3n) is 12.6. The number of para-hydroxylation sites is 3. The molecule has 290 valence electrons. The molecule has 0 aliphatic heterocycles. The molecule has 2 heteroatoms. The Balaban J connectivity index is 1.08. The van der Waals surface area contributed by atoms with Crippen molar-refractivity contribution in [3.05, 3.63) is 243 Å². The van der Waals surface area contributed by atoms with E-state index in [0.29, 0.717) is 0 Å². The van der Waals surface area contributed by atoms with Crippen LogP contribution in [0.4, 0.5) is 17.1 Å². The summed E-state index contributed by atoms with van der Waals surface area (Å²) in [7, 11) is 0. The maximum absolute atomic E-state index is 2.48. The second-order valence-corrected chi connectivity index (χ2v) is 16.1. The molecule has 2 nitrogen and oxygen atoms in total. The predicted molar refractivity (Wildman–Crippen MR) is 264 cm³/mol. The van der Waals surface area contributed by atoms with E-state index in [1.165, 1.54) is 76.4 Å². The van der Waals surface area contributed by atoms with Crippen LogP contribution in [0.5, 0.6) is 0 Å². The molecule has 11 aromatic carbocycles. The van der Waals surface area contributed by atoms with Crippen molar-refractivity contribution in [1.29, 1.82) is 0 Å².